The molecule has 0 radical (unpaired) electrons. The number of carbonyl (C=O) groups is 1. The summed E-state index contributed by atoms with van der Waals surface area (Å²) in [6.45, 7) is 6.95. The molecule has 0 unspecified atom stereocenters. The molecule has 0 aliphatic rings. The van der Waals surface area contributed by atoms with Crippen LogP contribution in [-0.2, 0) is 13.0 Å². The Bertz CT molecular complexity index is 815. The number of nitrogens with one attached hydrogen (secondary N) is 2. The maximum atomic E-state index is 12.7. The van der Waals surface area contributed by atoms with Crippen LogP contribution in [0.25, 0.3) is 10.9 Å². The van der Waals surface area contributed by atoms with Crippen molar-refractivity contribution in [3.8, 4) is 0 Å². The van der Waals surface area contributed by atoms with Gasteiger partial charge in [-0.1, -0.05) is 13.0 Å². The standard InChI is InChI=1S/C17H20N4O/c1-4-12-6-7-14-13(10-12)11(3)16(21(14)5-2)17(22)19-15-8-9-18-20-15/h6-10H,4-5H2,1-3H3,(H2,18,19,20,22). The Balaban J connectivity index is 2.11. The Morgan fingerprint density at radius 1 is 1.32 bits per heavy atom. The Kier molecular flexibility index (Phi) is 3.71. The maximum Gasteiger partial charge on any atom is 0.273 e. The first-order chi connectivity index (χ1) is 10.7. The fourth-order valence-corrected chi connectivity index (χ4v) is 2.92. The maximum absolute atomic E-state index is 12.7. The predicted molar refractivity (Wildman–Crippen MR) is 88.3 cm³/mol. The van der Waals surface area contributed by atoms with Gasteiger partial charge in [0.25, 0.3) is 5.91 Å². The lowest BCUT2D eigenvalue weighted by atomic mass is 10.1. The first-order valence-electron chi connectivity index (χ1n) is 7.58. The molecule has 2 aromatic heterocycles. The Morgan fingerprint density at radius 2 is 2.14 bits per heavy atom. The summed E-state index contributed by atoms with van der Waals surface area (Å²) in [4.78, 5) is 12.7. The molecule has 0 fully saturated rings. The molecule has 3 rings (SSSR count). The van der Waals surface area contributed by atoms with Gasteiger partial charge in [-0.05, 0) is 43.5 Å². The van der Waals surface area contributed by atoms with E-state index in [1.165, 1.54) is 5.56 Å². The Labute approximate surface area is 129 Å². The SMILES string of the molecule is CCc1ccc2c(c1)c(C)c(C(=O)Nc1ccn[nH]1)n2CC. The van der Waals surface area contributed by atoms with Crippen LogP contribution in [0, 0.1) is 6.92 Å². The van der Waals surface area contributed by atoms with Crippen molar-refractivity contribution in [1.82, 2.24) is 14.8 Å². The molecule has 0 saturated heterocycles. The van der Waals surface area contributed by atoms with Crippen LogP contribution in [-0.4, -0.2) is 20.7 Å². The summed E-state index contributed by atoms with van der Waals surface area (Å²) in [7, 11) is 0. The van der Waals surface area contributed by atoms with E-state index in [0.717, 1.165) is 29.4 Å². The number of amides is 1. The Hall–Kier alpha value is -2.56. The lowest BCUT2D eigenvalue weighted by molar-refractivity contribution is 0.101. The first kappa shape index (κ1) is 14.4. The van der Waals surface area contributed by atoms with E-state index < -0.39 is 0 Å². The highest BCUT2D eigenvalue weighted by molar-refractivity contribution is 6.08. The second-order valence-electron chi connectivity index (χ2n) is 5.35. The highest BCUT2D eigenvalue weighted by Gasteiger charge is 2.20. The number of hydrogen-bond acceptors (Lipinski definition) is 2. The molecule has 114 valence electrons. The van der Waals surface area contributed by atoms with Crippen LogP contribution in [0.4, 0.5) is 5.82 Å². The van der Waals surface area contributed by atoms with Gasteiger partial charge in [-0.3, -0.25) is 9.89 Å². The molecule has 0 aliphatic heterocycles. The van der Waals surface area contributed by atoms with Gasteiger partial charge in [-0.25, -0.2) is 0 Å². The summed E-state index contributed by atoms with van der Waals surface area (Å²) in [6, 6.07) is 8.16. The van der Waals surface area contributed by atoms with Crippen molar-refractivity contribution >= 4 is 22.6 Å². The second-order valence-corrected chi connectivity index (χ2v) is 5.35. The Morgan fingerprint density at radius 3 is 2.77 bits per heavy atom. The number of carbonyl (C=O) groups excluding carboxylic acids is 1. The third kappa shape index (κ3) is 2.28. The third-order valence-electron chi connectivity index (χ3n) is 4.07. The molecule has 5 heteroatoms. The van der Waals surface area contributed by atoms with Crippen molar-refractivity contribution < 1.29 is 4.79 Å². The normalized spacial score (nSPS) is 11.0. The lowest BCUT2D eigenvalue weighted by Crippen LogP contribution is -2.18. The highest BCUT2D eigenvalue weighted by atomic mass is 16.2. The zero-order valence-corrected chi connectivity index (χ0v) is 13.1. The van der Waals surface area contributed by atoms with Crippen LogP contribution in [0.2, 0.25) is 0 Å². The minimum Gasteiger partial charge on any atom is -0.337 e. The number of rotatable bonds is 4. The molecule has 0 saturated carbocycles. The molecule has 0 bridgehead atoms. The number of aryl methyl sites for hydroxylation is 3. The van der Waals surface area contributed by atoms with Gasteiger partial charge >= 0.3 is 0 Å². The third-order valence-corrected chi connectivity index (χ3v) is 4.07. The molecule has 22 heavy (non-hydrogen) atoms. The van der Waals surface area contributed by atoms with Gasteiger partial charge in [0, 0.05) is 23.5 Å². The second kappa shape index (κ2) is 5.67. The topological polar surface area (TPSA) is 62.7 Å². The van der Waals surface area contributed by atoms with Gasteiger partial charge in [0.1, 0.15) is 11.5 Å². The summed E-state index contributed by atoms with van der Waals surface area (Å²) < 4.78 is 2.07. The number of aromatic amines is 1. The van der Waals surface area contributed by atoms with Crippen molar-refractivity contribution in [1.29, 1.82) is 0 Å². The molecule has 1 amide bonds. The highest BCUT2D eigenvalue weighted by Crippen LogP contribution is 2.27. The van der Waals surface area contributed by atoms with Crippen molar-refractivity contribution in [3.05, 3.63) is 47.3 Å². The molecule has 0 atom stereocenters. The average molecular weight is 296 g/mol. The van der Waals surface area contributed by atoms with E-state index in [4.69, 9.17) is 0 Å². The summed E-state index contributed by atoms with van der Waals surface area (Å²) >= 11 is 0. The minimum atomic E-state index is -0.113. The van der Waals surface area contributed by atoms with Crippen molar-refractivity contribution in [2.24, 2.45) is 0 Å². The molecule has 5 nitrogen and oxygen atoms in total. The van der Waals surface area contributed by atoms with E-state index in [9.17, 15) is 4.79 Å². The fraction of sp³-hybridized carbons (Fsp3) is 0.294. The first-order valence-corrected chi connectivity index (χ1v) is 7.58. The van der Waals surface area contributed by atoms with Crippen LogP contribution in [0.15, 0.2) is 30.5 Å². The number of H-pyrrole nitrogens is 1. The van der Waals surface area contributed by atoms with Gasteiger partial charge < -0.3 is 9.88 Å². The number of anilines is 1. The fourth-order valence-electron chi connectivity index (χ4n) is 2.92. The van der Waals surface area contributed by atoms with E-state index in [0.29, 0.717) is 11.5 Å². The van der Waals surface area contributed by atoms with Gasteiger partial charge in [-0.15, -0.1) is 0 Å². The molecule has 1 aromatic carbocycles. The summed E-state index contributed by atoms with van der Waals surface area (Å²) in [6.07, 6.45) is 2.60. The predicted octanol–water partition coefficient (Wildman–Crippen LogP) is 3.51. The number of benzene rings is 1. The number of fused-ring (bicyclic) bond motifs is 1. The van der Waals surface area contributed by atoms with Crippen molar-refractivity contribution in [2.45, 2.75) is 33.7 Å². The van der Waals surface area contributed by atoms with E-state index in [2.05, 4.69) is 52.1 Å². The molecule has 3 aromatic rings. The van der Waals surface area contributed by atoms with Gasteiger partial charge in [0.2, 0.25) is 0 Å². The molecule has 0 spiro atoms. The molecule has 2 N–H and O–H groups in total. The van der Waals surface area contributed by atoms with Gasteiger partial charge in [0.05, 0.1) is 6.20 Å². The zero-order chi connectivity index (χ0) is 15.7. The van der Waals surface area contributed by atoms with Crippen molar-refractivity contribution in [3.63, 3.8) is 0 Å². The molecule has 0 aliphatic carbocycles. The van der Waals surface area contributed by atoms with Gasteiger partial charge in [0.15, 0.2) is 0 Å². The summed E-state index contributed by atoms with van der Waals surface area (Å²) in [5.74, 6) is 0.490. The van der Waals surface area contributed by atoms with Crippen LogP contribution in [0.1, 0.15) is 35.5 Å². The minimum absolute atomic E-state index is 0.113. The van der Waals surface area contributed by atoms with Crippen LogP contribution in [0.5, 0.6) is 0 Å². The summed E-state index contributed by atoms with van der Waals surface area (Å²) in [5, 5.41) is 10.6. The number of aromatic nitrogens is 3. The van der Waals surface area contributed by atoms with Crippen molar-refractivity contribution in [2.75, 3.05) is 5.32 Å². The summed E-state index contributed by atoms with van der Waals surface area (Å²) in [5.41, 5.74) is 4.11. The average Bonchev–Trinajstić information content (AvgIpc) is 3.13. The molecular formula is C17H20N4O. The largest absolute Gasteiger partial charge is 0.337 e. The lowest BCUT2D eigenvalue weighted by Gasteiger charge is -2.08. The quantitative estimate of drug-likeness (QED) is 0.774. The van der Waals surface area contributed by atoms with E-state index in [1.54, 1.807) is 12.3 Å². The molecular weight excluding hydrogens is 276 g/mol. The smallest absolute Gasteiger partial charge is 0.273 e. The van der Waals surface area contributed by atoms with Crippen LogP contribution < -0.4 is 5.32 Å². The van der Waals surface area contributed by atoms with E-state index in [-0.39, 0.29) is 5.91 Å². The zero-order valence-electron chi connectivity index (χ0n) is 13.1. The van der Waals surface area contributed by atoms with Crippen LogP contribution >= 0.6 is 0 Å². The number of nitrogens with zero attached hydrogens (tertiary/aromatic N) is 2. The van der Waals surface area contributed by atoms with E-state index >= 15 is 0 Å². The van der Waals surface area contributed by atoms with Gasteiger partial charge in [-0.2, -0.15) is 5.10 Å². The molecule has 2 heterocycles. The monoisotopic (exact) mass is 296 g/mol. The van der Waals surface area contributed by atoms with E-state index in [1.807, 2.05) is 6.92 Å². The van der Waals surface area contributed by atoms with Crippen LogP contribution in [0.3, 0.4) is 0 Å². The number of hydrogen-bond donors (Lipinski definition) is 2.